The van der Waals surface area contributed by atoms with Crippen molar-refractivity contribution in [3.8, 4) is 5.75 Å². The molecule has 1 saturated heterocycles. The first kappa shape index (κ1) is 20.4. The van der Waals surface area contributed by atoms with Gasteiger partial charge < -0.3 is 19.5 Å². The third kappa shape index (κ3) is 4.83. The van der Waals surface area contributed by atoms with Crippen molar-refractivity contribution in [3.05, 3.63) is 84.0 Å². The van der Waals surface area contributed by atoms with Crippen molar-refractivity contribution in [2.24, 2.45) is 0 Å². The highest BCUT2D eigenvalue weighted by molar-refractivity contribution is 5.54. The van der Waals surface area contributed by atoms with Gasteiger partial charge in [0.2, 0.25) is 0 Å². The Labute approximate surface area is 176 Å². The molecule has 0 spiro atoms. The summed E-state index contributed by atoms with van der Waals surface area (Å²) < 4.78 is 24.7. The lowest BCUT2D eigenvalue weighted by atomic mass is 10.1. The highest BCUT2D eigenvalue weighted by atomic mass is 19.1. The van der Waals surface area contributed by atoms with Crippen LogP contribution in [0, 0.1) is 5.82 Å². The molecule has 2 aliphatic rings. The number of likely N-dealkylation sites (tertiary alicyclic amines) is 1. The Bertz CT molecular complexity index is 903. The summed E-state index contributed by atoms with van der Waals surface area (Å²) in [6.07, 6.45) is 4.63. The van der Waals surface area contributed by atoms with Crippen molar-refractivity contribution in [3.63, 3.8) is 0 Å². The van der Waals surface area contributed by atoms with Crippen LogP contribution in [0.3, 0.4) is 0 Å². The number of rotatable bonds is 7. The molecule has 1 fully saturated rings. The minimum absolute atomic E-state index is 0.238. The predicted molar refractivity (Wildman–Crippen MR) is 114 cm³/mol. The molecule has 2 heterocycles. The van der Waals surface area contributed by atoms with Gasteiger partial charge in [0.25, 0.3) is 0 Å². The van der Waals surface area contributed by atoms with Crippen LogP contribution in [0.25, 0.3) is 0 Å². The van der Waals surface area contributed by atoms with E-state index in [1.165, 1.54) is 12.1 Å². The molecule has 4 rings (SSSR count). The number of ether oxygens (including phenoxy) is 2. The number of nitrogens with zero attached hydrogens (tertiary/aromatic N) is 2. The van der Waals surface area contributed by atoms with E-state index in [1.54, 1.807) is 35.4 Å². The monoisotopic (exact) mass is 410 g/mol. The van der Waals surface area contributed by atoms with Crippen molar-refractivity contribution >= 4 is 5.69 Å². The van der Waals surface area contributed by atoms with Crippen LogP contribution in [0.2, 0.25) is 0 Å². The minimum Gasteiger partial charge on any atom is -0.489 e. The molecule has 30 heavy (non-hydrogen) atoms. The van der Waals surface area contributed by atoms with Crippen LogP contribution in [-0.4, -0.2) is 41.5 Å². The SMILES string of the molecule is CC(C)N1CC(Oc2ccc(N3C=CC(OCc4ccc(F)cc4)=CC3O)cc2)C1. The third-order valence-electron chi connectivity index (χ3n) is 5.36. The molecule has 2 aromatic carbocycles. The van der Waals surface area contributed by atoms with Crippen LogP contribution in [-0.2, 0) is 11.3 Å². The lowest BCUT2D eigenvalue weighted by molar-refractivity contribution is 0.000156. The van der Waals surface area contributed by atoms with Crippen LogP contribution in [0.4, 0.5) is 10.1 Å². The second kappa shape index (κ2) is 8.90. The first-order valence-electron chi connectivity index (χ1n) is 10.2. The number of anilines is 1. The summed E-state index contributed by atoms with van der Waals surface area (Å²) in [5.74, 6) is 1.13. The zero-order valence-electron chi connectivity index (χ0n) is 17.2. The first-order chi connectivity index (χ1) is 14.5. The van der Waals surface area contributed by atoms with Crippen LogP contribution < -0.4 is 9.64 Å². The zero-order chi connectivity index (χ0) is 21.1. The van der Waals surface area contributed by atoms with Crippen LogP contribution in [0.15, 0.2) is 72.6 Å². The molecule has 0 saturated carbocycles. The molecular formula is C24H27FN2O3. The van der Waals surface area contributed by atoms with E-state index < -0.39 is 6.23 Å². The van der Waals surface area contributed by atoms with Gasteiger partial charge in [-0.25, -0.2) is 4.39 Å². The molecule has 0 bridgehead atoms. The van der Waals surface area contributed by atoms with E-state index in [0.717, 1.165) is 30.1 Å². The summed E-state index contributed by atoms with van der Waals surface area (Å²) in [4.78, 5) is 4.12. The molecule has 0 aliphatic carbocycles. The number of aliphatic hydroxyl groups excluding tert-OH is 1. The Morgan fingerprint density at radius 3 is 2.40 bits per heavy atom. The Kier molecular flexibility index (Phi) is 6.06. The average Bonchev–Trinajstić information content (AvgIpc) is 2.70. The Hall–Kier alpha value is -2.83. The van der Waals surface area contributed by atoms with Crippen molar-refractivity contribution in [1.82, 2.24) is 4.90 Å². The van der Waals surface area contributed by atoms with Gasteiger partial charge in [0, 0.05) is 37.1 Å². The Balaban J connectivity index is 1.30. The fourth-order valence-corrected chi connectivity index (χ4v) is 3.46. The largest absolute Gasteiger partial charge is 0.489 e. The van der Waals surface area contributed by atoms with Crippen molar-refractivity contribution in [2.75, 3.05) is 18.0 Å². The van der Waals surface area contributed by atoms with E-state index in [1.807, 2.05) is 24.3 Å². The molecular weight excluding hydrogens is 383 g/mol. The maximum Gasteiger partial charge on any atom is 0.153 e. The lowest BCUT2D eigenvalue weighted by Gasteiger charge is -2.41. The van der Waals surface area contributed by atoms with Crippen LogP contribution in [0.1, 0.15) is 19.4 Å². The van der Waals surface area contributed by atoms with Gasteiger partial charge >= 0.3 is 0 Å². The number of aliphatic hydroxyl groups is 1. The van der Waals surface area contributed by atoms with Gasteiger partial charge in [-0.05, 0) is 61.9 Å². The van der Waals surface area contributed by atoms with Gasteiger partial charge in [-0.2, -0.15) is 0 Å². The second-order valence-electron chi connectivity index (χ2n) is 7.90. The first-order valence-corrected chi connectivity index (χ1v) is 10.2. The summed E-state index contributed by atoms with van der Waals surface area (Å²) in [7, 11) is 0. The Morgan fingerprint density at radius 1 is 1.07 bits per heavy atom. The van der Waals surface area contributed by atoms with Crippen LogP contribution >= 0.6 is 0 Å². The van der Waals surface area contributed by atoms with Gasteiger partial charge in [-0.15, -0.1) is 0 Å². The molecule has 2 aliphatic heterocycles. The Morgan fingerprint density at radius 2 is 1.77 bits per heavy atom. The fraction of sp³-hybridized carbons (Fsp3) is 0.333. The number of benzene rings is 2. The molecule has 1 atom stereocenters. The maximum atomic E-state index is 13.0. The van der Waals surface area contributed by atoms with Crippen LogP contribution in [0.5, 0.6) is 5.75 Å². The van der Waals surface area contributed by atoms with Crippen molar-refractivity contribution in [1.29, 1.82) is 0 Å². The standard InChI is InChI=1S/C24H27FN2O3/c1-17(2)26-14-23(15-26)30-21-9-7-20(8-10-21)27-12-11-22(13-24(27)28)29-16-18-3-5-19(25)6-4-18/h3-13,17,23-24,28H,14-16H2,1-2H3. The van der Waals surface area contributed by atoms with Gasteiger partial charge in [-0.3, -0.25) is 4.90 Å². The van der Waals surface area contributed by atoms with E-state index in [0.29, 0.717) is 18.4 Å². The number of hydrogen-bond donors (Lipinski definition) is 1. The topological polar surface area (TPSA) is 45.2 Å². The molecule has 0 aromatic heterocycles. The summed E-state index contributed by atoms with van der Waals surface area (Å²) in [6.45, 7) is 6.61. The van der Waals surface area contributed by atoms with E-state index in [-0.39, 0.29) is 11.9 Å². The molecule has 158 valence electrons. The molecule has 1 unspecified atom stereocenters. The normalized spacial score (nSPS) is 19.6. The van der Waals surface area contributed by atoms with E-state index in [9.17, 15) is 9.50 Å². The average molecular weight is 410 g/mol. The number of halogens is 1. The maximum absolute atomic E-state index is 13.0. The second-order valence-corrected chi connectivity index (χ2v) is 7.90. The number of allylic oxidation sites excluding steroid dienone is 1. The highest BCUT2D eigenvalue weighted by Gasteiger charge is 2.30. The fourth-order valence-electron chi connectivity index (χ4n) is 3.46. The zero-order valence-corrected chi connectivity index (χ0v) is 17.2. The molecule has 2 aromatic rings. The smallest absolute Gasteiger partial charge is 0.153 e. The predicted octanol–water partition coefficient (Wildman–Crippen LogP) is 4.05. The summed E-state index contributed by atoms with van der Waals surface area (Å²) in [5.41, 5.74) is 1.72. The van der Waals surface area contributed by atoms with Gasteiger partial charge in [0.1, 0.15) is 30.0 Å². The minimum atomic E-state index is -0.837. The van der Waals surface area contributed by atoms with E-state index in [4.69, 9.17) is 9.47 Å². The summed E-state index contributed by atoms with van der Waals surface area (Å²) in [5, 5.41) is 10.5. The summed E-state index contributed by atoms with van der Waals surface area (Å²) >= 11 is 0. The van der Waals surface area contributed by atoms with Crippen molar-refractivity contribution in [2.45, 2.75) is 38.8 Å². The summed E-state index contributed by atoms with van der Waals surface area (Å²) in [6, 6.07) is 14.4. The third-order valence-corrected chi connectivity index (χ3v) is 5.36. The molecule has 0 radical (unpaired) electrons. The molecule has 5 nitrogen and oxygen atoms in total. The molecule has 6 heteroatoms. The van der Waals surface area contributed by atoms with E-state index >= 15 is 0 Å². The quantitative estimate of drug-likeness (QED) is 0.746. The molecule has 1 N–H and O–H groups in total. The lowest BCUT2D eigenvalue weighted by Crippen LogP contribution is -2.56. The highest BCUT2D eigenvalue weighted by Crippen LogP contribution is 2.26. The van der Waals surface area contributed by atoms with Crippen molar-refractivity contribution < 1.29 is 19.0 Å². The van der Waals surface area contributed by atoms with Gasteiger partial charge in [0.05, 0.1) is 0 Å². The number of hydrogen-bond acceptors (Lipinski definition) is 5. The molecule has 0 amide bonds. The van der Waals surface area contributed by atoms with E-state index in [2.05, 4.69) is 18.7 Å². The van der Waals surface area contributed by atoms with Gasteiger partial charge in [0.15, 0.2) is 6.23 Å². The van der Waals surface area contributed by atoms with Gasteiger partial charge in [-0.1, -0.05) is 12.1 Å².